The van der Waals surface area contributed by atoms with Crippen LogP contribution in [-0.2, 0) is 29.1 Å². The number of carbonyl (C=O) groups excluding carboxylic acids is 4. The average Bonchev–Trinajstić information content (AvgIpc) is 3.66. The molecule has 1 heterocycles. The summed E-state index contributed by atoms with van der Waals surface area (Å²) in [5, 5.41) is 4.73. The largest absolute Gasteiger partial charge is 0.444 e. The van der Waals surface area contributed by atoms with E-state index in [0.717, 1.165) is 0 Å². The first-order chi connectivity index (χ1) is 17.3. The Bertz CT molecular complexity index is 1110. The summed E-state index contributed by atoms with van der Waals surface area (Å²) in [5.41, 5.74) is 3.16. The molecule has 0 aromatic rings. The van der Waals surface area contributed by atoms with Crippen LogP contribution in [0.25, 0.3) is 0 Å². The highest BCUT2D eigenvalue weighted by atomic mass is 32.2. The van der Waals surface area contributed by atoms with Crippen LogP contribution in [-0.4, -0.2) is 78.2 Å². The zero-order valence-corrected chi connectivity index (χ0v) is 23.8. The molecule has 38 heavy (non-hydrogen) atoms. The van der Waals surface area contributed by atoms with E-state index in [9.17, 15) is 27.6 Å². The predicted molar refractivity (Wildman–Crippen MR) is 140 cm³/mol. The summed E-state index contributed by atoms with van der Waals surface area (Å²) in [6.07, 6.45) is 2.01. The van der Waals surface area contributed by atoms with Gasteiger partial charge in [-0.1, -0.05) is 26.8 Å². The van der Waals surface area contributed by atoms with Crippen molar-refractivity contribution in [2.45, 2.75) is 102 Å². The van der Waals surface area contributed by atoms with Gasteiger partial charge in [0.25, 0.3) is 5.91 Å². The first kappa shape index (κ1) is 29.9. The van der Waals surface area contributed by atoms with Gasteiger partial charge in [-0.05, 0) is 51.9 Å². The SMILES string of the molecule is C=CC1CC1(NC(=O)C1CC(N)CN1C(=O)C(NC(=O)OC(C)(C)C)C(C)(C)C)C(=O)NS(=O)(=O)C1CC1. The average molecular weight is 556 g/mol. The van der Waals surface area contributed by atoms with Gasteiger partial charge in [0.05, 0.1) is 5.25 Å². The van der Waals surface area contributed by atoms with Gasteiger partial charge >= 0.3 is 6.09 Å². The van der Waals surface area contributed by atoms with Crippen molar-refractivity contribution in [2.24, 2.45) is 17.1 Å². The minimum atomic E-state index is -3.82. The van der Waals surface area contributed by atoms with E-state index < -0.39 is 79.7 Å². The van der Waals surface area contributed by atoms with E-state index in [1.807, 2.05) is 0 Å². The van der Waals surface area contributed by atoms with Crippen LogP contribution in [0.2, 0.25) is 0 Å². The van der Waals surface area contributed by atoms with Crippen LogP contribution in [0.1, 0.15) is 67.2 Å². The second kappa shape index (κ2) is 10.1. The molecule has 0 bridgehead atoms. The van der Waals surface area contributed by atoms with Gasteiger partial charge in [-0.25, -0.2) is 13.2 Å². The van der Waals surface area contributed by atoms with E-state index in [1.165, 1.54) is 11.0 Å². The minimum Gasteiger partial charge on any atom is -0.444 e. The van der Waals surface area contributed by atoms with Crippen LogP contribution < -0.4 is 21.1 Å². The third kappa shape index (κ3) is 6.66. The second-order valence-corrected chi connectivity index (χ2v) is 14.6. The van der Waals surface area contributed by atoms with Gasteiger partial charge in [0, 0.05) is 18.5 Å². The number of hydrogen-bond acceptors (Lipinski definition) is 8. The molecule has 5 N–H and O–H groups in total. The lowest BCUT2D eigenvalue weighted by Crippen LogP contribution is -2.60. The summed E-state index contributed by atoms with van der Waals surface area (Å²) in [5.74, 6) is -2.42. The highest BCUT2D eigenvalue weighted by Gasteiger charge is 2.62. The van der Waals surface area contributed by atoms with Gasteiger partial charge in [-0.15, -0.1) is 6.58 Å². The molecule has 1 saturated heterocycles. The summed E-state index contributed by atoms with van der Waals surface area (Å²) in [4.78, 5) is 54.0. The van der Waals surface area contributed by atoms with Gasteiger partial charge in [0.1, 0.15) is 23.2 Å². The van der Waals surface area contributed by atoms with E-state index >= 15 is 0 Å². The molecule has 0 spiro atoms. The van der Waals surface area contributed by atoms with E-state index in [-0.39, 0.29) is 19.4 Å². The van der Waals surface area contributed by atoms with E-state index in [1.54, 1.807) is 41.5 Å². The fourth-order valence-corrected chi connectivity index (χ4v) is 5.98. The standard InChI is InChI=1S/C25H41N5O7S/c1-8-14-12-25(14,21(33)29-38(35,36)16-9-10-16)28-19(31)17-11-15(26)13-30(17)20(32)18(23(2,3)4)27-22(34)37-24(5,6)7/h8,14-18H,1,9-13,26H2,2-7H3,(H,27,34)(H,28,31)(H,29,33). The molecule has 0 aromatic carbocycles. The van der Waals surface area contributed by atoms with Crippen LogP contribution in [0.15, 0.2) is 12.7 Å². The zero-order valence-electron chi connectivity index (χ0n) is 23.0. The Morgan fingerprint density at radius 2 is 1.74 bits per heavy atom. The normalized spacial score (nSPS) is 28.2. The lowest BCUT2D eigenvalue weighted by molar-refractivity contribution is -0.142. The van der Waals surface area contributed by atoms with Crippen molar-refractivity contribution in [3.63, 3.8) is 0 Å². The van der Waals surface area contributed by atoms with Crippen LogP contribution in [0, 0.1) is 11.3 Å². The highest BCUT2D eigenvalue weighted by Crippen LogP contribution is 2.45. The molecular formula is C25H41N5O7S. The number of nitrogens with zero attached hydrogens (tertiary/aromatic N) is 1. The van der Waals surface area contributed by atoms with E-state index in [2.05, 4.69) is 21.9 Å². The molecule has 3 aliphatic rings. The lowest BCUT2D eigenvalue weighted by atomic mass is 9.85. The van der Waals surface area contributed by atoms with Gasteiger partial charge in [-0.2, -0.15) is 0 Å². The monoisotopic (exact) mass is 555 g/mol. The Hall–Kier alpha value is -2.67. The Morgan fingerprint density at radius 3 is 2.21 bits per heavy atom. The molecule has 4 amide bonds. The fourth-order valence-electron chi connectivity index (χ4n) is 4.62. The van der Waals surface area contributed by atoms with E-state index in [0.29, 0.717) is 12.8 Å². The van der Waals surface area contributed by atoms with Gasteiger partial charge < -0.3 is 26.0 Å². The van der Waals surface area contributed by atoms with Crippen LogP contribution >= 0.6 is 0 Å². The second-order valence-electron chi connectivity index (χ2n) is 12.6. The van der Waals surface area contributed by atoms with Gasteiger partial charge in [0.2, 0.25) is 21.8 Å². The number of alkyl carbamates (subject to hydrolysis) is 1. The molecule has 5 unspecified atom stereocenters. The molecule has 0 radical (unpaired) electrons. The Balaban J connectivity index is 1.79. The topological polar surface area (TPSA) is 177 Å². The van der Waals surface area contributed by atoms with Crippen molar-refractivity contribution >= 4 is 33.8 Å². The van der Waals surface area contributed by atoms with E-state index in [4.69, 9.17) is 10.5 Å². The van der Waals surface area contributed by atoms with Gasteiger partial charge in [0.15, 0.2) is 0 Å². The van der Waals surface area contributed by atoms with Crippen molar-refractivity contribution in [1.29, 1.82) is 0 Å². The highest BCUT2D eigenvalue weighted by molar-refractivity contribution is 7.91. The molecule has 2 saturated carbocycles. The first-order valence-electron chi connectivity index (χ1n) is 12.9. The minimum absolute atomic E-state index is 0.0691. The Kier molecular flexibility index (Phi) is 7.97. The van der Waals surface area contributed by atoms with Crippen molar-refractivity contribution in [3.05, 3.63) is 12.7 Å². The number of amides is 4. The van der Waals surface area contributed by atoms with Crippen LogP contribution in [0.5, 0.6) is 0 Å². The Morgan fingerprint density at radius 1 is 1.13 bits per heavy atom. The van der Waals surface area contributed by atoms with Crippen molar-refractivity contribution in [3.8, 4) is 0 Å². The number of sulfonamides is 1. The molecule has 2 aliphatic carbocycles. The number of hydrogen-bond donors (Lipinski definition) is 4. The molecule has 13 heteroatoms. The number of ether oxygens (including phenoxy) is 1. The third-order valence-corrected chi connectivity index (χ3v) is 8.76. The molecular weight excluding hydrogens is 514 g/mol. The lowest BCUT2D eigenvalue weighted by Gasteiger charge is -2.36. The summed E-state index contributed by atoms with van der Waals surface area (Å²) < 4.78 is 32.2. The molecule has 214 valence electrons. The number of nitrogens with one attached hydrogen (secondary N) is 3. The molecule has 3 fully saturated rings. The smallest absolute Gasteiger partial charge is 0.408 e. The summed E-state index contributed by atoms with van der Waals surface area (Å²) in [6, 6.07) is -2.55. The van der Waals surface area contributed by atoms with Crippen molar-refractivity contribution in [2.75, 3.05) is 6.54 Å². The quantitative estimate of drug-likeness (QED) is 0.313. The number of carbonyl (C=O) groups is 4. The predicted octanol–water partition coefficient (Wildman–Crippen LogP) is 0.523. The summed E-state index contributed by atoms with van der Waals surface area (Å²) in [6.45, 7) is 14.2. The molecule has 0 aromatic heterocycles. The third-order valence-electron chi connectivity index (χ3n) is 6.94. The van der Waals surface area contributed by atoms with Crippen LogP contribution in [0.3, 0.4) is 0 Å². The molecule has 1 aliphatic heterocycles. The maximum absolute atomic E-state index is 13.7. The molecule has 3 rings (SSSR count). The number of nitrogens with two attached hydrogens (primary N) is 1. The maximum atomic E-state index is 13.7. The maximum Gasteiger partial charge on any atom is 0.408 e. The van der Waals surface area contributed by atoms with Crippen LogP contribution in [0.4, 0.5) is 4.79 Å². The number of likely N-dealkylation sites (tertiary alicyclic amines) is 1. The van der Waals surface area contributed by atoms with Crippen molar-refractivity contribution < 1.29 is 32.3 Å². The molecule has 5 atom stereocenters. The fraction of sp³-hybridized carbons (Fsp3) is 0.760. The van der Waals surface area contributed by atoms with Gasteiger partial charge in [-0.3, -0.25) is 19.1 Å². The zero-order chi connectivity index (χ0) is 28.8. The summed E-state index contributed by atoms with van der Waals surface area (Å²) >= 11 is 0. The Labute approximate surface area is 224 Å². The van der Waals surface area contributed by atoms with Crippen molar-refractivity contribution in [1.82, 2.24) is 20.3 Å². The number of rotatable bonds is 8. The summed E-state index contributed by atoms with van der Waals surface area (Å²) in [7, 11) is -3.82. The first-order valence-corrected chi connectivity index (χ1v) is 14.4. The molecule has 12 nitrogen and oxygen atoms in total.